The Morgan fingerprint density at radius 1 is 1.53 bits per heavy atom. The Balaban J connectivity index is 2.72. The molecular weight excluding hydrogens is 272 g/mol. The van der Waals surface area contributed by atoms with Crippen LogP contribution in [0.25, 0.3) is 0 Å². The summed E-state index contributed by atoms with van der Waals surface area (Å²) in [4.78, 5) is 11.1. The average Bonchev–Trinajstić information content (AvgIpc) is 2.54. The molecule has 0 unspecified atom stereocenters. The lowest BCUT2D eigenvalue weighted by molar-refractivity contribution is -0.142. The molecular formula is C10H18N4O4S. The van der Waals surface area contributed by atoms with Gasteiger partial charge >= 0.3 is 5.97 Å². The van der Waals surface area contributed by atoms with Gasteiger partial charge in [0.2, 0.25) is 10.0 Å². The highest BCUT2D eigenvalue weighted by Crippen LogP contribution is 2.22. The number of rotatable bonds is 6. The summed E-state index contributed by atoms with van der Waals surface area (Å²) < 4.78 is 31.9. The molecule has 1 heterocycles. The van der Waals surface area contributed by atoms with Crippen LogP contribution in [0.4, 0.5) is 11.5 Å². The van der Waals surface area contributed by atoms with Crippen molar-refractivity contribution >= 4 is 27.5 Å². The summed E-state index contributed by atoms with van der Waals surface area (Å²) in [5.41, 5.74) is 6.51. The fourth-order valence-electron chi connectivity index (χ4n) is 1.44. The standard InChI is InChI=1S/C10H18N4O4S/c1-4-18-8(15)5-6-19(16,17)13-10-9(11)7(2)12-14(10)3/h13H,4-6,11H2,1-3H3. The largest absolute Gasteiger partial charge is 0.466 e. The van der Waals surface area contributed by atoms with Gasteiger partial charge in [-0.05, 0) is 13.8 Å². The third-order valence-electron chi connectivity index (χ3n) is 2.40. The van der Waals surface area contributed by atoms with Crippen LogP contribution in [0.1, 0.15) is 19.0 Å². The lowest BCUT2D eigenvalue weighted by Crippen LogP contribution is -2.21. The van der Waals surface area contributed by atoms with Crippen LogP contribution < -0.4 is 10.5 Å². The van der Waals surface area contributed by atoms with Gasteiger partial charge in [-0.25, -0.2) is 13.1 Å². The fraction of sp³-hybridized carbons (Fsp3) is 0.600. The van der Waals surface area contributed by atoms with Gasteiger partial charge in [-0.1, -0.05) is 0 Å². The molecule has 1 aromatic heterocycles. The van der Waals surface area contributed by atoms with Crippen molar-refractivity contribution in [3.8, 4) is 0 Å². The topological polar surface area (TPSA) is 116 Å². The van der Waals surface area contributed by atoms with Gasteiger partial charge in [-0.2, -0.15) is 5.10 Å². The van der Waals surface area contributed by atoms with Crippen molar-refractivity contribution in [2.75, 3.05) is 22.8 Å². The molecule has 108 valence electrons. The number of hydrogen-bond donors (Lipinski definition) is 2. The Morgan fingerprint density at radius 3 is 2.63 bits per heavy atom. The molecule has 0 amide bonds. The molecule has 3 N–H and O–H groups in total. The molecule has 8 nitrogen and oxygen atoms in total. The first-order chi connectivity index (χ1) is 8.76. The van der Waals surface area contributed by atoms with Crippen LogP contribution in [-0.4, -0.2) is 36.5 Å². The van der Waals surface area contributed by atoms with Crippen LogP contribution in [-0.2, 0) is 26.6 Å². The second kappa shape index (κ2) is 5.91. The average molecular weight is 290 g/mol. The van der Waals surface area contributed by atoms with Crippen molar-refractivity contribution in [2.24, 2.45) is 7.05 Å². The van der Waals surface area contributed by atoms with Gasteiger partial charge in [0.25, 0.3) is 0 Å². The van der Waals surface area contributed by atoms with E-state index in [4.69, 9.17) is 5.73 Å². The molecule has 0 aliphatic heterocycles. The smallest absolute Gasteiger partial charge is 0.306 e. The Bertz CT molecular complexity index is 564. The number of aromatic nitrogens is 2. The van der Waals surface area contributed by atoms with Crippen molar-refractivity contribution in [1.82, 2.24) is 9.78 Å². The minimum Gasteiger partial charge on any atom is -0.466 e. The van der Waals surface area contributed by atoms with Crippen LogP contribution in [0.15, 0.2) is 0 Å². The third-order valence-corrected chi connectivity index (χ3v) is 3.65. The first kappa shape index (κ1) is 15.3. The van der Waals surface area contributed by atoms with Crippen molar-refractivity contribution in [3.05, 3.63) is 5.69 Å². The van der Waals surface area contributed by atoms with Crippen LogP contribution in [0.3, 0.4) is 0 Å². The maximum Gasteiger partial charge on any atom is 0.306 e. The molecule has 0 saturated heterocycles. The number of carbonyl (C=O) groups excluding carboxylic acids is 1. The van der Waals surface area contributed by atoms with Crippen molar-refractivity contribution < 1.29 is 17.9 Å². The van der Waals surface area contributed by atoms with E-state index in [0.29, 0.717) is 5.69 Å². The summed E-state index contributed by atoms with van der Waals surface area (Å²) in [6, 6.07) is 0. The van der Waals surface area contributed by atoms with E-state index in [0.717, 1.165) is 0 Å². The zero-order chi connectivity index (χ0) is 14.6. The molecule has 0 saturated carbocycles. The first-order valence-corrected chi connectivity index (χ1v) is 7.37. The van der Waals surface area contributed by atoms with E-state index in [1.165, 1.54) is 4.68 Å². The Hall–Kier alpha value is -1.77. The lowest BCUT2D eigenvalue weighted by atomic mass is 10.4. The monoisotopic (exact) mass is 290 g/mol. The Kier molecular flexibility index (Phi) is 4.76. The van der Waals surface area contributed by atoms with E-state index in [9.17, 15) is 13.2 Å². The lowest BCUT2D eigenvalue weighted by Gasteiger charge is -2.08. The number of nitrogens with two attached hydrogens (primary N) is 1. The number of nitrogens with zero attached hydrogens (tertiary/aromatic N) is 2. The van der Waals surface area contributed by atoms with Gasteiger partial charge in [0.15, 0.2) is 5.82 Å². The maximum absolute atomic E-state index is 11.8. The first-order valence-electron chi connectivity index (χ1n) is 5.72. The summed E-state index contributed by atoms with van der Waals surface area (Å²) in [7, 11) is -2.10. The predicted molar refractivity (Wildman–Crippen MR) is 71.0 cm³/mol. The van der Waals surface area contributed by atoms with Gasteiger partial charge in [-0.3, -0.25) is 9.52 Å². The highest BCUT2D eigenvalue weighted by atomic mass is 32.2. The highest BCUT2D eigenvalue weighted by Gasteiger charge is 2.18. The number of anilines is 2. The molecule has 0 aliphatic carbocycles. The van der Waals surface area contributed by atoms with Crippen LogP contribution in [0.2, 0.25) is 0 Å². The second-order valence-electron chi connectivity index (χ2n) is 3.95. The highest BCUT2D eigenvalue weighted by molar-refractivity contribution is 7.92. The van der Waals surface area contributed by atoms with Gasteiger partial charge in [0, 0.05) is 7.05 Å². The number of carbonyl (C=O) groups is 1. The van der Waals surface area contributed by atoms with Crippen molar-refractivity contribution in [2.45, 2.75) is 20.3 Å². The number of hydrogen-bond acceptors (Lipinski definition) is 6. The van der Waals surface area contributed by atoms with Crippen LogP contribution >= 0.6 is 0 Å². The van der Waals surface area contributed by atoms with Crippen LogP contribution in [0, 0.1) is 6.92 Å². The van der Waals surface area contributed by atoms with E-state index in [1.807, 2.05) is 0 Å². The molecule has 1 aromatic rings. The molecule has 9 heteroatoms. The molecule has 0 spiro atoms. The number of nitrogen functional groups attached to an aromatic ring is 1. The molecule has 1 rings (SSSR count). The molecule has 19 heavy (non-hydrogen) atoms. The molecule has 0 aliphatic rings. The fourth-order valence-corrected chi connectivity index (χ4v) is 2.52. The summed E-state index contributed by atoms with van der Waals surface area (Å²) in [6.07, 6.45) is -0.208. The Morgan fingerprint density at radius 2 is 2.16 bits per heavy atom. The Labute approximate surface area is 112 Å². The number of sulfonamides is 1. The third kappa shape index (κ3) is 4.12. The predicted octanol–water partition coefficient (Wildman–Crippen LogP) is 0.00562. The number of aryl methyl sites for hydroxylation is 2. The summed E-state index contributed by atoms with van der Waals surface area (Å²) in [5, 5.41) is 3.99. The minimum absolute atomic E-state index is 0.196. The summed E-state index contributed by atoms with van der Waals surface area (Å²) in [6.45, 7) is 3.55. The molecule has 0 radical (unpaired) electrons. The van der Waals surface area contributed by atoms with E-state index < -0.39 is 16.0 Å². The zero-order valence-corrected chi connectivity index (χ0v) is 12.0. The SMILES string of the molecule is CCOC(=O)CCS(=O)(=O)Nc1c(N)c(C)nn1C. The molecule has 0 bridgehead atoms. The van der Waals surface area contributed by atoms with Gasteiger partial charge in [0.1, 0.15) is 0 Å². The zero-order valence-electron chi connectivity index (χ0n) is 11.1. The number of esters is 1. The molecule has 0 atom stereocenters. The summed E-state index contributed by atoms with van der Waals surface area (Å²) >= 11 is 0. The van der Waals surface area contributed by atoms with E-state index >= 15 is 0 Å². The van der Waals surface area contributed by atoms with Gasteiger partial charge < -0.3 is 10.5 Å². The van der Waals surface area contributed by atoms with E-state index in [-0.39, 0.29) is 30.3 Å². The van der Waals surface area contributed by atoms with Gasteiger partial charge in [0.05, 0.1) is 30.2 Å². The molecule has 0 fully saturated rings. The van der Waals surface area contributed by atoms with Gasteiger partial charge in [-0.15, -0.1) is 0 Å². The summed E-state index contributed by atoms with van der Waals surface area (Å²) in [5.74, 6) is -0.724. The van der Waals surface area contributed by atoms with Crippen molar-refractivity contribution in [3.63, 3.8) is 0 Å². The second-order valence-corrected chi connectivity index (χ2v) is 5.79. The number of ether oxygens (including phenoxy) is 1. The normalized spacial score (nSPS) is 11.3. The minimum atomic E-state index is -3.67. The maximum atomic E-state index is 11.8. The van der Waals surface area contributed by atoms with Crippen LogP contribution in [0.5, 0.6) is 0 Å². The number of nitrogens with one attached hydrogen (secondary N) is 1. The van der Waals surface area contributed by atoms with Crippen molar-refractivity contribution in [1.29, 1.82) is 0 Å². The quantitative estimate of drug-likeness (QED) is 0.713. The van der Waals surface area contributed by atoms with E-state index in [1.54, 1.807) is 20.9 Å². The molecule has 0 aromatic carbocycles. The van der Waals surface area contributed by atoms with E-state index in [2.05, 4.69) is 14.6 Å².